The normalized spacial score (nSPS) is 14.7. The van der Waals surface area contributed by atoms with E-state index >= 15 is 0 Å². The van der Waals surface area contributed by atoms with Gasteiger partial charge >= 0.3 is 0 Å². The Kier molecular flexibility index (Phi) is 6.97. The molecule has 1 spiro atoms. The second-order valence-electron chi connectivity index (χ2n) is 16.6. The maximum atomic E-state index is 6.60. The number of aromatic nitrogens is 4. The molecule has 12 aromatic rings. The minimum absolute atomic E-state index is 0.554. The minimum atomic E-state index is -0.610. The molecule has 63 heavy (non-hydrogen) atoms. The standard InChI is InChI=1S/C58H34N4O/c1-2-16-35(17-3-1)37-18-4-5-22-44(37)56-59-55(60-57(61-56)45-25-14-24-43-41-21-8-13-31-52(41)63-54(43)45)36-32-33-39-38-19-6-9-26-46(38)58(49(39)34-36)47-27-10-12-30-51(47)62-50-29-11-7-20-40(50)42-23-15-28-48(58)53(42)62/h1-34H. The predicted molar refractivity (Wildman–Crippen MR) is 254 cm³/mol. The van der Waals surface area contributed by atoms with Crippen molar-refractivity contribution in [3.63, 3.8) is 0 Å². The van der Waals surface area contributed by atoms with Crippen molar-refractivity contribution in [3.8, 4) is 62.1 Å². The van der Waals surface area contributed by atoms with E-state index in [4.69, 9.17) is 19.4 Å². The zero-order valence-corrected chi connectivity index (χ0v) is 33.8. The van der Waals surface area contributed by atoms with Gasteiger partial charge in [-0.05, 0) is 74.8 Å². The number of nitrogens with zero attached hydrogens (tertiary/aromatic N) is 4. The third-order valence-corrected chi connectivity index (χ3v) is 13.5. The first-order valence-electron chi connectivity index (χ1n) is 21.4. The summed E-state index contributed by atoms with van der Waals surface area (Å²) >= 11 is 0. The van der Waals surface area contributed by atoms with Crippen LogP contribution in [-0.4, -0.2) is 19.5 Å². The second-order valence-corrected chi connectivity index (χ2v) is 16.6. The van der Waals surface area contributed by atoms with Gasteiger partial charge in [-0.15, -0.1) is 0 Å². The molecule has 0 saturated heterocycles. The summed E-state index contributed by atoms with van der Waals surface area (Å²) in [4.78, 5) is 16.1. The Morgan fingerprint density at radius 2 is 0.968 bits per heavy atom. The molecule has 0 N–H and O–H groups in total. The molecule has 9 aromatic carbocycles. The number of rotatable bonds is 4. The highest BCUT2D eigenvalue weighted by Gasteiger charge is 2.51. The van der Waals surface area contributed by atoms with Gasteiger partial charge in [-0.3, -0.25) is 0 Å². The van der Waals surface area contributed by atoms with Crippen LogP contribution in [0.3, 0.4) is 0 Å². The van der Waals surface area contributed by atoms with Crippen LogP contribution in [-0.2, 0) is 5.41 Å². The molecule has 4 heterocycles. The fourth-order valence-electron chi connectivity index (χ4n) is 10.9. The van der Waals surface area contributed by atoms with Crippen LogP contribution in [0.15, 0.2) is 211 Å². The monoisotopic (exact) mass is 802 g/mol. The Hall–Kier alpha value is -8.41. The minimum Gasteiger partial charge on any atom is -0.455 e. The van der Waals surface area contributed by atoms with Crippen LogP contribution in [0.1, 0.15) is 22.3 Å². The van der Waals surface area contributed by atoms with Gasteiger partial charge in [0.2, 0.25) is 0 Å². The highest BCUT2D eigenvalue weighted by atomic mass is 16.3. The van der Waals surface area contributed by atoms with Gasteiger partial charge in [0.15, 0.2) is 17.5 Å². The third-order valence-electron chi connectivity index (χ3n) is 13.5. The number of benzene rings is 9. The molecule has 14 rings (SSSR count). The van der Waals surface area contributed by atoms with Crippen molar-refractivity contribution in [1.29, 1.82) is 0 Å². The first-order valence-corrected chi connectivity index (χ1v) is 21.4. The van der Waals surface area contributed by atoms with Crippen molar-refractivity contribution in [2.75, 3.05) is 0 Å². The highest BCUT2D eigenvalue weighted by Crippen LogP contribution is 2.61. The van der Waals surface area contributed by atoms with Crippen molar-refractivity contribution in [2.24, 2.45) is 0 Å². The quantitative estimate of drug-likeness (QED) is 0.178. The third kappa shape index (κ3) is 4.63. The molecule has 0 fully saturated rings. The van der Waals surface area contributed by atoms with Gasteiger partial charge in [-0.1, -0.05) is 176 Å². The molecule has 0 bridgehead atoms. The summed E-state index contributed by atoms with van der Waals surface area (Å²) in [5, 5.41) is 4.59. The van der Waals surface area contributed by atoms with Gasteiger partial charge in [-0.2, -0.15) is 0 Å². The number of fused-ring (bicyclic) bond motifs is 15. The first-order chi connectivity index (χ1) is 31.3. The molecule has 2 aliphatic rings. The summed E-state index contributed by atoms with van der Waals surface area (Å²) in [6, 6.07) is 73.7. The predicted octanol–water partition coefficient (Wildman–Crippen LogP) is 14.2. The molecule has 1 aliphatic heterocycles. The molecule has 1 atom stereocenters. The fraction of sp³-hybridized carbons (Fsp3) is 0.0172. The van der Waals surface area contributed by atoms with Crippen molar-refractivity contribution < 1.29 is 4.42 Å². The smallest absolute Gasteiger partial charge is 0.167 e. The molecular formula is C58H34N4O. The lowest BCUT2D eigenvalue weighted by Gasteiger charge is -2.39. The molecule has 1 aliphatic carbocycles. The van der Waals surface area contributed by atoms with Gasteiger partial charge in [0, 0.05) is 32.7 Å². The molecular weight excluding hydrogens is 769 g/mol. The first kappa shape index (κ1) is 34.3. The molecule has 5 heteroatoms. The number of furan rings is 1. The maximum Gasteiger partial charge on any atom is 0.167 e. The zero-order chi connectivity index (χ0) is 41.2. The van der Waals surface area contributed by atoms with Crippen LogP contribution in [0.2, 0.25) is 0 Å². The van der Waals surface area contributed by atoms with E-state index in [1.54, 1.807) is 0 Å². The van der Waals surface area contributed by atoms with Crippen molar-refractivity contribution in [2.45, 2.75) is 5.41 Å². The molecule has 0 saturated carbocycles. The molecule has 0 radical (unpaired) electrons. The summed E-state index contributed by atoms with van der Waals surface area (Å²) in [5.41, 5.74) is 16.9. The number of hydrogen-bond acceptors (Lipinski definition) is 4. The largest absolute Gasteiger partial charge is 0.455 e. The van der Waals surface area contributed by atoms with Gasteiger partial charge < -0.3 is 8.98 Å². The summed E-state index contributed by atoms with van der Waals surface area (Å²) < 4.78 is 9.09. The summed E-state index contributed by atoms with van der Waals surface area (Å²) in [6.45, 7) is 0. The van der Waals surface area contributed by atoms with Gasteiger partial charge in [0.05, 0.1) is 27.7 Å². The Morgan fingerprint density at radius 1 is 0.365 bits per heavy atom. The van der Waals surface area contributed by atoms with Crippen LogP contribution < -0.4 is 0 Å². The number of para-hydroxylation sites is 5. The maximum absolute atomic E-state index is 6.60. The molecule has 0 amide bonds. The summed E-state index contributed by atoms with van der Waals surface area (Å²) in [5.74, 6) is 1.74. The lowest BCUT2D eigenvalue weighted by molar-refractivity contribution is 0.669. The van der Waals surface area contributed by atoms with E-state index in [1.165, 1.54) is 60.9 Å². The molecule has 3 aromatic heterocycles. The highest BCUT2D eigenvalue weighted by molar-refractivity contribution is 6.13. The second kappa shape index (κ2) is 12.8. The average molecular weight is 803 g/mol. The van der Waals surface area contributed by atoms with E-state index in [0.717, 1.165) is 49.8 Å². The Morgan fingerprint density at radius 3 is 1.86 bits per heavy atom. The topological polar surface area (TPSA) is 56.7 Å². The van der Waals surface area contributed by atoms with Crippen molar-refractivity contribution in [1.82, 2.24) is 19.5 Å². The van der Waals surface area contributed by atoms with Crippen LogP contribution in [0, 0.1) is 0 Å². The Bertz CT molecular complexity index is 3880. The van der Waals surface area contributed by atoms with Gasteiger partial charge in [-0.25, -0.2) is 15.0 Å². The van der Waals surface area contributed by atoms with Gasteiger partial charge in [0.25, 0.3) is 0 Å². The van der Waals surface area contributed by atoms with Gasteiger partial charge in [0.1, 0.15) is 11.2 Å². The lowest BCUT2D eigenvalue weighted by atomic mass is 9.65. The Balaban J connectivity index is 1.06. The van der Waals surface area contributed by atoms with Crippen molar-refractivity contribution in [3.05, 3.63) is 229 Å². The lowest BCUT2D eigenvalue weighted by Crippen LogP contribution is -2.33. The molecule has 5 nitrogen and oxygen atoms in total. The van der Waals surface area contributed by atoms with Crippen LogP contribution in [0.25, 0.3) is 106 Å². The summed E-state index contributed by atoms with van der Waals surface area (Å²) in [6.07, 6.45) is 0. The average Bonchev–Trinajstić information content (AvgIpc) is 4.00. The van der Waals surface area contributed by atoms with E-state index in [0.29, 0.717) is 17.5 Å². The van der Waals surface area contributed by atoms with Crippen LogP contribution >= 0.6 is 0 Å². The van der Waals surface area contributed by atoms with Crippen LogP contribution in [0.4, 0.5) is 0 Å². The Labute approximate surface area is 362 Å². The molecule has 1 unspecified atom stereocenters. The SMILES string of the molecule is c1ccc(-c2ccccc2-c2nc(-c3ccc4c(c3)C3(c5ccccc5-4)c4ccccc4-n4c5ccccc5c5cccc3c54)nc(-c3cccc4c3oc3ccccc34)n2)cc1. The van der Waals surface area contributed by atoms with Crippen molar-refractivity contribution >= 4 is 43.7 Å². The van der Waals surface area contributed by atoms with E-state index in [-0.39, 0.29) is 0 Å². The van der Waals surface area contributed by atoms with E-state index in [9.17, 15) is 0 Å². The van der Waals surface area contributed by atoms with E-state index in [1.807, 2.05) is 24.3 Å². The fourth-order valence-corrected chi connectivity index (χ4v) is 10.9. The number of hydrogen-bond donors (Lipinski definition) is 0. The van der Waals surface area contributed by atoms with E-state index in [2.05, 4.69) is 187 Å². The van der Waals surface area contributed by atoms with E-state index < -0.39 is 5.41 Å². The molecule has 292 valence electrons. The van der Waals surface area contributed by atoms with Crippen LogP contribution in [0.5, 0.6) is 0 Å². The summed E-state index contributed by atoms with van der Waals surface area (Å²) in [7, 11) is 0. The zero-order valence-electron chi connectivity index (χ0n) is 33.8.